The molecule has 2 N–H and O–H groups in total. The van der Waals surface area contributed by atoms with Gasteiger partial charge in [0.05, 0.1) is 10.6 Å². The van der Waals surface area contributed by atoms with Gasteiger partial charge in [-0.3, -0.25) is 14.9 Å². The Bertz CT molecular complexity index is 845. The van der Waals surface area contributed by atoms with E-state index in [-0.39, 0.29) is 28.1 Å². The first kappa shape index (κ1) is 16.1. The van der Waals surface area contributed by atoms with Crippen LogP contribution in [0.2, 0.25) is 0 Å². The molecule has 0 radical (unpaired) electrons. The number of rotatable bonds is 5. The van der Waals surface area contributed by atoms with E-state index in [1.54, 1.807) is 12.1 Å². The lowest BCUT2D eigenvalue weighted by atomic mass is 10.1. The average molecular weight is 346 g/mol. The summed E-state index contributed by atoms with van der Waals surface area (Å²) in [4.78, 5) is 34.4. The first-order chi connectivity index (χ1) is 11.4. The van der Waals surface area contributed by atoms with E-state index in [4.69, 9.17) is 0 Å². The fraction of sp³-hybridized carbons (Fsp3) is 0.250. The number of nitro groups is 1. The van der Waals surface area contributed by atoms with Gasteiger partial charge >= 0.3 is 5.97 Å². The molecule has 0 saturated heterocycles. The number of thiophene rings is 1. The zero-order valence-electron chi connectivity index (χ0n) is 12.7. The molecule has 0 bridgehead atoms. The largest absolute Gasteiger partial charge is 0.477 e. The summed E-state index contributed by atoms with van der Waals surface area (Å²) >= 11 is 0.979. The van der Waals surface area contributed by atoms with E-state index in [0.29, 0.717) is 16.4 Å². The van der Waals surface area contributed by atoms with Crippen LogP contribution in [0.3, 0.4) is 0 Å². The Hall–Kier alpha value is -2.74. The number of nitrogens with zero attached hydrogens (tertiary/aromatic N) is 1. The molecule has 1 aromatic carbocycles. The molecule has 124 valence electrons. The number of nitro benzene ring substituents is 1. The highest BCUT2D eigenvalue weighted by atomic mass is 32.1. The van der Waals surface area contributed by atoms with Crippen molar-refractivity contribution in [3.63, 3.8) is 0 Å². The number of carboxylic acids is 1. The molecule has 8 heteroatoms. The predicted octanol–water partition coefficient (Wildman–Crippen LogP) is 3.62. The minimum Gasteiger partial charge on any atom is -0.477 e. The first-order valence-electron chi connectivity index (χ1n) is 7.29. The number of anilines is 1. The lowest BCUT2D eigenvalue weighted by molar-refractivity contribution is -0.384. The van der Waals surface area contributed by atoms with Crippen molar-refractivity contribution in [1.29, 1.82) is 0 Å². The van der Waals surface area contributed by atoms with Crippen LogP contribution < -0.4 is 5.32 Å². The molecule has 1 heterocycles. The summed E-state index contributed by atoms with van der Waals surface area (Å²) in [5.74, 6) is -1.09. The Kier molecular flexibility index (Phi) is 4.06. The molecule has 1 aliphatic carbocycles. The molecule has 1 aromatic heterocycles. The van der Waals surface area contributed by atoms with Crippen molar-refractivity contribution in [1.82, 2.24) is 0 Å². The Morgan fingerprint density at radius 2 is 2.08 bits per heavy atom. The number of non-ortho nitro benzene ring substituents is 1. The van der Waals surface area contributed by atoms with Crippen molar-refractivity contribution >= 4 is 34.6 Å². The van der Waals surface area contributed by atoms with Crippen molar-refractivity contribution in [2.45, 2.75) is 13.3 Å². The number of amides is 1. The Morgan fingerprint density at radius 3 is 2.67 bits per heavy atom. The highest BCUT2D eigenvalue weighted by molar-refractivity contribution is 7.18. The molecular weight excluding hydrogens is 332 g/mol. The second-order valence-electron chi connectivity index (χ2n) is 5.77. The fourth-order valence-corrected chi connectivity index (χ4v) is 3.42. The molecule has 1 saturated carbocycles. The highest BCUT2D eigenvalue weighted by Crippen LogP contribution is 2.40. The first-order valence-corrected chi connectivity index (χ1v) is 8.11. The van der Waals surface area contributed by atoms with Gasteiger partial charge in [0.2, 0.25) is 5.91 Å². The van der Waals surface area contributed by atoms with Gasteiger partial charge in [-0.1, -0.05) is 19.1 Å². The van der Waals surface area contributed by atoms with Gasteiger partial charge in [-0.05, 0) is 24.0 Å². The van der Waals surface area contributed by atoms with E-state index in [1.807, 2.05) is 6.92 Å². The Labute approximate surface area is 141 Å². The number of carbonyl (C=O) groups excluding carboxylic acids is 1. The van der Waals surface area contributed by atoms with Crippen molar-refractivity contribution < 1.29 is 19.6 Å². The molecule has 2 atom stereocenters. The zero-order chi connectivity index (χ0) is 17.4. The number of hydrogen-bond acceptors (Lipinski definition) is 5. The summed E-state index contributed by atoms with van der Waals surface area (Å²) in [6.45, 7) is 1.96. The van der Waals surface area contributed by atoms with Gasteiger partial charge in [0, 0.05) is 22.9 Å². The third kappa shape index (κ3) is 3.13. The Balaban J connectivity index is 1.93. The third-order valence-corrected chi connectivity index (χ3v) is 5.14. The van der Waals surface area contributed by atoms with Gasteiger partial charge in [0.15, 0.2) is 0 Å². The molecule has 2 unspecified atom stereocenters. The van der Waals surface area contributed by atoms with Gasteiger partial charge in [-0.25, -0.2) is 4.79 Å². The molecular formula is C16H14N2O5S. The van der Waals surface area contributed by atoms with E-state index < -0.39 is 10.9 Å². The number of carbonyl (C=O) groups is 2. The second kappa shape index (κ2) is 6.04. The van der Waals surface area contributed by atoms with E-state index in [0.717, 1.165) is 17.8 Å². The van der Waals surface area contributed by atoms with Crippen molar-refractivity contribution in [3.05, 3.63) is 45.3 Å². The van der Waals surface area contributed by atoms with Crippen LogP contribution in [0.4, 0.5) is 11.4 Å². The van der Waals surface area contributed by atoms with Gasteiger partial charge < -0.3 is 10.4 Å². The summed E-state index contributed by atoms with van der Waals surface area (Å²) in [5, 5.41) is 22.9. The van der Waals surface area contributed by atoms with Crippen LogP contribution in [0.25, 0.3) is 10.4 Å². The van der Waals surface area contributed by atoms with Crippen LogP contribution in [0, 0.1) is 22.0 Å². The number of nitrogens with one attached hydrogen (secondary N) is 1. The summed E-state index contributed by atoms with van der Waals surface area (Å²) in [6.07, 6.45) is 0.802. The maximum Gasteiger partial charge on any atom is 0.348 e. The smallest absolute Gasteiger partial charge is 0.348 e. The quantitative estimate of drug-likeness (QED) is 0.635. The molecule has 1 amide bonds. The summed E-state index contributed by atoms with van der Waals surface area (Å²) < 4.78 is 0. The number of carboxylic acid groups (broad SMARTS) is 1. The van der Waals surface area contributed by atoms with Crippen molar-refractivity contribution in [3.8, 4) is 10.4 Å². The predicted molar refractivity (Wildman–Crippen MR) is 89.3 cm³/mol. The summed E-state index contributed by atoms with van der Waals surface area (Å²) in [7, 11) is 0. The summed E-state index contributed by atoms with van der Waals surface area (Å²) in [6, 6.07) is 7.51. The monoisotopic (exact) mass is 346 g/mol. The molecule has 0 aliphatic heterocycles. The topological polar surface area (TPSA) is 110 Å². The molecule has 2 aromatic rings. The van der Waals surface area contributed by atoms with Crippen LogP contribution in [0.15, 0.2) is 30.3 Å². The fourth-order valence-electron chi connectivity index (χ4n) is 2.47. The molecule has 1 fully saturated rings. The van der Waals surface area contributed by atoms with E-state index in [1.165, 1.54) is 18.2 Å². The van der Waals surface area contributed by atoms with Crippen LogP contribution in [0.1, 0.15) is 23.0 Å². The molecule has 1 aliphatic rings. The SMILES string of the molecule is CC1CC1C(=O)Nc1cc(-c2cccc([N+](=O)[O-])c2)sc1C(=O)O. The molecule has 3 rings (SSSR count). The second-order valence-corrected chi connectivity index (χ2v) is 6.83. The van der Waals surface area contributed by atoms with Crippen LogP contribution in [-0.2, 0) is 4.79 Å². The standard InChI is InChI=1S/C16H14N2O5S/c1-8-5-11(8)15(19)17-12-7-13(24-14(12)16(20)21)9-3-2-4-10(6-9)18(22)23/h2-4,6-8,11H,5H2,1H3,(H,17,19)(H,20,21). The van der Waals surface area contributed by atoms with Crippen LogP contribution >= 0.6 is 11.3 Å². The van der Waals surface area contributed by atoms with Crippen molar-refractivity contribution in [2.24, 2.45) is 11.8 Å². The number of benzene rings is 1. The lowest BCUT2D eigenvalue weighted by Gasteiger charge is -2.02. The minimum absolute atomic E-state index is 0.0122. The van der Waals surface area contributed by atoms with Gasteiger partial charge in [-0.15, -0.1) is 11.3 Å². The lowest BCUT2D eigenvalue weighted by Crippen LogP contribution is -2.15. The van der Waals surface area contributed by atoms with Crippen LogP contribution in [0.5, 0.6) is 0 Å². The maximum absolute atomic E-state index is 12.1. The van der Waals surface area contributed by atoms with E-state index in [9.17, 15) is 24.8 Å². The number of aromatic carboxylic acids is 1. The van der Waals surface area contributed by atoms with Gasteiger partial charge in [-0.2, -0.15) is 0 Å². The molecule has 0 spiro atoms. The van der Waals surface area contributed by atoms with Crippen molar-refractivity contribution in [2.75, 3.05) is 5.32 Å². The average Bonchev–Trinajstić information content (AvgIpc) is 3.12. The number of hydrogen-bond donors (Lipinski definition) is 2. The third-order valence-electron chi connectivity index (χ3n) is 3.97. The summed E-state index contributed by atoms with van der Waals surface area (Å²) in [5.41, 5.74) is 0.699. The molecule has 24 heavy (non-hydrogen) atoms. The molecule has 7 nitrogen and oxygen atoms in total. The van der Waals surface area contributed by atoms with Crippen LogP contribution in [-0.4, -0.2) is 21.9 Å². The van der Waals surface area contributed by atoms with E-state index in [2.05, 4.69) is 5.32 Å². The van der Waals surface area contributed by atoms with E-state index >= 15 is 0 Å². The van der Waals surface area contributed by atoms with Gasteiger partial charge in [0.1, 0.15) is 4.88 Å². The minimum atomic E-state index is -1.14. The highest BCUT2D eigenvalue weighted by Gasteiger charge is 2.39. The Morgan fingerprint density at radius 1 is 1.38 bits per heavy atom. The normalized spacial score (nSPS) is 18.9. The maximum atomic E-state index is 12.1. The zero-order valence-corrected chi connectivity index (χ0v) is 13.5. The van der Waals surface area contributed by atoms with Gasteiger partial charge in [0.25, 0.3) is 5.69 Å².